The molecular weight excluding hydrogens is 250 g/mol. The molecule has 0 fully saturated rings. The fourth-order valence-electron chi connectivity index (χ4n) is 2.02. The minimum Gasteiger partial charge on any atom is -0.392 e. The number of anilines is 1. The molecule has 2 aromatic rings. The molecule has 0 saturated carbocycles. The van der Waals surface area contributed by atoms with Gasteiger partial charge >= 0.3 is 0 Å². The van der Waals surface area contributed by atoms with Crippen LogP contribution >= 0.6 is 0 Å². The zero-order valence-corrected chi connectivity index (χ0v) is 12.2. The molecule has 2 rings (SSSR count). The van der Waals surface area contributed by atoms with Gasteiger partial charge in [-0.25, -0.2) is 4.98 Å². The molecule has 0 amide bonds. The molecular formula is C16H21N3O. The zero-order valence-electron chi connectivity index (χ0n) is 12.2. The molecule has 0 aliphatic carbocycles. The van der Waals surface area contributed by atoms with E-state index in [1.54, 1.807) is 6.20 Å². The molecule has 4 nitrogen and oxygen atoms in total. The standard InChI is InChI=1S/C16H21N3O/c1-12(2)15-7-14(11-20)8-16(18-15)19(3)10-13-5-4-6-17-9-13/h4-9,12,20H,10-11H2,1-3H3. The molecule has 2 aromatic heterocycles. The number of hydrogen-bond donors (Lipinski definition) is 1. The summed E-state index contributed by atoms with van der Waals surface area (Å²) in [7, 11) is 2.00. The monoisotopic (exact) mass is 271 g/mol. The van der Waals surface area contributed by atoms with Crippen molar-refractivity contribution >= 4 is 5.82 Å². The van der Waals surface area contributed by atoms with Crippen molar-refractivity contribution in [3.8, 4) is 0 Å². The molecule has 0 saturated heterocycles. The van der Waals surface area contributed by atoms with Crippen LogP contribution in [-0.2, 0) is 13.2 Å². The third-order valence-corrected chi connectivity index (χ3v) is 3.20. The summed E-state index contributed by atoms with van der Waals surface area (Å²) in [6.07, 6.45) is 3.63. The van der Waals surface area contributed by atoms with Crippen LogP contribution in [0.3, 0.4) is 0 Å². The lowest BCUT2D eigenvalue weighted by molar-refractivity contribution is 0.281. The molecule has 0 atom stereocenters. The van der Waals surface area contributed by atoms with E-state index >= 15 is 0 Å². The number of nitrogens with zero attached hydrogens (tertiary/aromatic N) is 3. The van der Waals surface area contributed by atoms with Crippen molar-refractivity contribution in [3.63, 3.8) is 0 Å². The average molecular weight is 271 g/mol. The average Bonchev–Trinajstić information content (AvgIpc) is 2.47. The lowest BCUT2D eigenvalue weighted by atomic mass is 10.1. The van der Waals surface area contributed by atoms with Crippen LogP contribution in [0.4, 0.5) is 5.82 Å². The lowest BCUT2D eigenvalue weighted by Crippen LogP contribution is -2.18. The van der Waals surface area contributed by atoms with Gasteiger partial charge in [0.05, 0.1) is 6.61 Å². The maximum absolute atomic E-state index is 9.38. The van der Waals surface area contributed by atoms with Crippen molar-refractivity contribution in [2.75, 3.05) is 11.9 Å². The molecule has 1 N–H and O–H groups in total. The van der Waals surface area contributed by atoms with E-state index in [9.17, 15) is 5.11 Å². The minimum atomic E-state index is 0.0377. The topological polar surface area (TPSA) is 49.2 Å². The van der Waals surface area contributed by atoms with Gasteiger partial charge in [0.1, 0.15) is 5.82 Å². The van der Waals surface area contributed by atoms with Gasteiger partial charge in [0.25, 0.3) is 0 Å². The second-order valence-electron chi connectivity index (χ2n) is 5.29. The normalized spacial score (nSPS) is 10.8. The Morgan fingerprint density at radius 2 is 2.05 bits per heavy atom. The van der Waals surface area contributed by atoms with Gasteiger partial charge in [0.15, 0.2) is 0 Å². The summed E-state index contributed by atoms with van der Waals surface area (Å²) in [6, 6.07) is 7.87. The van der Waals surface area contributed by atoms with E-state index in [4.69, 9.17) is 0 Å². The number of pyridine rings is 2. The Morgan fingerprint density at radius 1 is 1.25 bits per heavy atom. The fraction of sp³-hybridized carbons (Fsp3) is 0.375. The Morgan fingerprint density at radius 3 is 2.65 bits per heavy atom. The van der Waals surface area contributed by atoms with Gasteiger partial charge in [0.2, 0.25) is 0 Å². The number of aliphatic hydroxyl groups is 1. The van der Waals surface area contributed by atoms with Crippen molar-refractivity contribution in [3.05, 3.63) is 53.5 Å². The molecule has 0 bridgehead atoms. The first-order valence-corrected chi connectivity index (χ1v) is 6.82. The van der Waals surface area contributed by atoms with Gasteiger partial charge in [-0.1, -0.05) is 19.9 Å². The molecule has 106 valence electrons. The van der Waals surface area contributed by atoms with Crippen molar-refractivity contribution in [1.29, 1.82) is 0 Å². The van der Waals surface area contributed by atoms with E-state index in [0.717, 1.165) is 29.2 Å². The molecule has 0 aromatic carbocycles. The van der Waals surface area contributed by atoms with E-state index in [2.05, 4.69) is 28.7 Å². The first kappa shape index (κ1) is 14.5. The summed E-state index contributed by atoms with van der Waals surface area (Å²) in [4.78, 5) is 10.9. The highest BCUT2D eigenvalue weighted by Crippen LogP contribution is 2.20. The van der Waals surface area contributed by atoms with Gasteiger partial charge in [-0.15, -0.1) is 0 Å². The maximum atomic E-state index is 9.38. The van der Waals surface area contributed by atoms with E-state index in [1.165, 1.54) is 0 Å². The van der Waals surface area contributed by atoms with E-state index in [0.29, 0.717) is 5.92 Å². The van der Waals surface area contributed by atoms with Crippen LogP contribution < -0.4 is 4.90 Å². The van der Waals surface area contributed by atoms with E-state index in [-0.39, 0.29) is 6.61 Å². The van der Waals surface area contributed by atoms with E-state index in [1.807, 2.05) is 37.5 Å². The Labute approximate surface area is 120 Å². The molecule has 4 heteroatoms. The van der Waals surface area contributed by atoms with Gasteiger partial charge < -0.3 is 10.0 Å². The summed E-state index contributed by atoms with van der Waals surface area (Å²) in [5.74, 6) is 1.22. The van der Waals surface area contributed by atoms with Crippen LogP contribution in [0, 0.1) is 0 Å². The SMILES string of the molecule is CC(C)c1cc(CO)cc(N(C)Cc2cccnc2)n1. The molecule has 0 aliphatic rings. The number of aliphatic hydroxyl groups excluding tert-OH is 1. The van der Waals surface area contributed by atoms with Gasteiger partial charge in [0, 0.05) is 31.7 Å². The van der Waals surface area contributed by atoms with Crippen molar-refractivity contribution in [2.45, 2.75) is 32.9 Å². The second-order valence-corrected chi connectivity index (χ2v) is 5.29. The molecule has 0 aliphatic heterocycles. The van der Waals surface area contributed by atoms with Crippen LogP contribution in [0.2, 0.25) is 0 Å². The van der Waals surface area contributed by atoms with E-state index < -0.39 is 0 Å². The predicted octanol–water partition coefficient (Wildman–Crippen LogP) is 2.73. The Balaban J connectivity index is 2.24. The quantitative estimate of drug-likeness (QED) is 0.908. The number of hydrogen-bond acceptors (Lipinski definition) is 4. The third-order valence-electron chi connectivity index (χ3n) is 3.20. The number of rotatable bonds is 5. The van der Waals surface area contributed by atoms with Crippen molar-refractivity contribution in [1.82, 2.24) is 9.97 Å². The van der Waals surface area contributed by atoms with Gasteiger partial charge in [-0.3, -0.25) is 4.98 Å². The largest absolute Gasteiger partial charge is 0.392 e. The Hall–Kier alpha value is -1.94. The highest BCUT2D eigenvalue weighted by molar-refractivity contribution is 5.43. The Kier molecular flexibility index (Phi) is 4.69. The number of aromatic nitrogens is 2. The smallest absolute Gasteiger partial charge is 0.129 e. The van der Waals surface area contributed by atoms with Crippen molar-refractivity contribution in [2.24, 2.45) is 0 Å². The maximum Gasteiger partial charge on any atom is 0.129 e. The highest BCUT2D eigenvalue weighted by atomic mass is 16.3. The predicted molar refractivity (Wildman–Crippen MR) is 80.6 cm³/mol. The third kappa shape index (κ3) is 3.54. The highest BCUT2D eigenvalue weighted by Gasteiger charge is 2.09. The molecule has 0 radical (unpaired) electrons. The fourth-order valence-corrected chi connectivity index (χ4v) is 2.02. The van der Waals surface area contributed by atoms with Gasteiger partial charge in [-0.2, -0.15) is 0 Å². The van der Waals surface area contributed by atoms with Gasteiger partial charge in [-0.05, 0) is 35.2 Å². The first-order valence-electron chi connectivity index (χ1n) is 6.82. The van der Waals surface area contributed by atoms with Crippen LogP contribution in [0.1, 0.15) is 36.6 Å². The molecule has 20 heavy (non-hydrogen) atoms. The Bertz CT molecular complexity index is 555. The second kappa shape index (κ2) is 6.48. The van der Waals surface area contributed by atoms with Crippen LogP contribution in [0.25, 0.3) is 0 Å². The summed E-state index contributed by atoms with van der Waals surface area (Å²) in [5, 5.41) is 9.38. The first-order chi connectivity index (χ1) is 9.60. The summed E-state index contributed by atoms with van der Waals surface area (Å²) >= 11 is 0. The molecule has 2 heterocycles. The minimum absolute atomic E-state index is 0.0377. The summed E-state index contributed by atoms with van der Waals surface area (Å²) in [5.41, 5.74) is 3.04. The summed E-state index contributed by atoms with van der Waals surface area (Å²) in [6.45, 7) is 4.99. The summed E-state index contributed by atoms with van der Waals surface area (Å²) < 4.78 is 0. The zero-order chi connectivity index (χ0) is 14.5. The van der Waals surface area contributed by atoms with Crippen LogP contribution in [0.5, 0.6) is 0 Å². The van der Waals surface area contributed by atoms with Crippen molar-refractivity contribution < 1.29 is 5.11 Å². The lowest BCUT2D eigenvalue weighted by Gasteiger charge is -2.20. The van der Waals surface area contributed by atoms with Crippen LogP contribution in [-0.4, -0.2) is 22.1 Å². The molecule has 0 unspecified atom stereocenters. The van der Waals surface area contributed by atoms with Crippen LogP contribution in [0.15, 0.2) is 36.7 Å². The molecule has 0 spiro atoms.